The highest BCUT2D eigenvalue weighted by molar-refractivity contribution is 6.05. The fourth-order valence-electron chi connectivity index (χ4n) is 3.22. The number of carbonyl (C=O) groups is 1. The molecule has 0 bridgehead atoms. The lowest BCUT2D eigenvalue weighted by Gasteiger charge is -2.13. The highest BCUT2D eigenvalue weighted by Gasteiger charge is 2.19. The quantitative estimate of drug-likeness (QED) is 0.661. The summed E-state index contributed by atoms with van der Waals surface area (Å²) in [6.07, 6.45) is 0.763. The third kappa shape index (κ3) is 2.86. The van der Waals surface area contributed by atoms with E-state index in [1.165, 1.54) is 0 Å². The van der Waals surface area contributed by atoms with Crippen LogP contribution in [0.25, 0.3) is 10.9 Å². The van der Waals surface area contributed by atoms with Crippen molar-refractivity contribution in [3.8, 4) is 11.5 Å². The molecule has 0 saturated heterocycles. The third-order valence-corrected chi connectivity index (χ3v) is 4.58. The van der Waals surface area contributed by atoms with Crippen molar-refractivity contribution in [1.82, 2.24) is 4.98 Å². The van der Waals surface area contributed by atoms with Gasteiger partial charge in [-0.05, 0) is 42.7 Å². The smallest absolute Gasteiger partial charge is 0.339 e. The van der Waals surface area contributed by atoms with Crippen molar-refractivity contribution in [3.63, 3.8) is 0 Å². The summed E-state index contributed by atoms with van der Waals surface area (Å²) in [7, 11) is 0. The van der Waals surface area contributed by atoms with Crippen LogP contribution in [0.4, 0.5) is 0 Å². The molecule has 4 rings (SSSR count). The second-order valence-electron chi connectivity index (χ2n) is 6.19. The molecule has 0 atom stereocenters. The second kappa shape index (κ2) is 6.67. The minimum atomic E-state index is -0.339. The Morgan fingerprint density at radius 1 is 1.15 bits per heavy atom. The lowest BCUT2D eigenvalue weighted by molar-refractivity contribution is 0.0473. The Hall–Kier alpha value is -3.08. The van der Waals surface area contributed by atoms with Crippen molar-refractivity contribution < 1.29 is 19.0 Å². The average molecular weight is 349 g/mol. The van der Waals surface area contributed by atoms with E-state index >= 15 is 0 Å². The van der Waals surface area contributed by atoms with Crippen LogP contribution in [0.3, 0.4) is 0 Å². The molecule has 0 N–H and O–H groups in total. The summed E-state index contributed by atoms with van der Waals surface area (Å²) in [5.74, 6) is 1.05. The van der Waals surface area contributed by atoms with Gasteiger partial charge in [-0.25, -0.2) is 4.79 Å². The van der Waals surface area contributed by atoms with Gasteiger partial charge in [-0.3, -0.25) is 4.98 Å². The van der Waals surface area contributed by atoms with Crippen LogP contribution >= 0.6 is 0 Å². The maximum Gasteiger partial charge on any atom is 0.339 e. The Balaban J connectivity index is 1.63. The molecule has 1 aromatic heterocycles. The first-order valence-corrected chi connectivity index (χ1v) is 8.61. The van der Waals surface area contributed by atoms with Crippen LogP contribution in [0.15, 0.2) is 42.5 Å². The van der Waals surface area contributed by atoms with E-state index < -0.39 is 0 Å². The third-order valence-electron chi connectivity index (χ3n) is 4.58. The van der Waals surface area contributed by atoms with Gasteiger partial charge in [0.2, 0.25) is 6.79 Å². The van der Waals surface area contributed by atoms with Gasteiger partial charge in [0.15, 0.2) is 11.5 Å². The number of hydrogen-bond donors (Lipinski definition) is 0. The number of para-hydroxylation sites is 1. The van der Waals surface area contributed by atoms with E-state index in [4.69, 9.17) is 14.2 Å². The zero-order chi connectivity index (χ0) is 18.1. The monoisotopic (exact) mass is 349 g/mol. The summed E-state index contributed by atoms with van der Waals surface area (Å²) < 4.78 is 16.3. The molecular formula is C21H19NO4. The molecule has 5 nitrogen and oxygen atoms in total. The number of fused-ring (bicyclic) bond motifs is 2. The number of esters is 1. The fraction of sp³-hybridized carbons (Fsp3) is 0.238. The molecule has 3 aromatic rings. The van der Waals surface area contributed by atoms with Gasteiger partial charge in [0, 0.05) is 11.1 Å². The van der Waals surface area contributed by atoms with E-state index in [1.807, 2.05) is 56.3 Å². The maximum absolute atomic E-state index is 12.8. The van der Waals surface area contributed by atoms with Crippen LogP contribution in [0.5, 0.6) is 11.5 Å². The number of benzene rings is 2. The van der Waals surface area contributed by atoms with E-state index in [0.717, 1.165) is 34.1 Å². The van der Waals surface area contributed by atoms with Crippen LogP contribution in [-0.2, 0) is 17.8 Å². The van der Waals surface area contributed by atoms with Crippen LogP contribution in [-0.4, -0.2) is 17.7 Å². The van der Waals surface area contributed by atoms with Gasteiger partial charge in [-0.15, -0.1) is 0 Å². The van der Waals surface area contributed by atoms with Gasteiger partial charge in [0.1, 0.15) is 6.61 Å². The predicted octanol–water partition coefficient (Wildman–Crippen LogP) is 4.19. The van der Waals surface area contributed by atoms with Crippen molar-refractivity contribution in [2.24, 2.45) is 0 Å². The first-order chi connectivity index (χ1) is 12.7. The molecule has 26 heavy (non-hydrogen) atoms. The van der Waals surface area contributed by atoms with Crippen molar-refractivity contribution in [1.29, 1.82) is 0 Å². The summed E-state index contributed by atoms with van der Waals surface area (Å²) >= 11 is 0. The zero-order valence-corrected chi connectivity index (χ0v) is 14.7. The Morgan fingerprint density at radius 3 is 2.81 bits per heavy atom. The molecule has 0 radical (unpaired) electrons. The Labute approximate surface area is 151 Å². The fourth-order valence-corrected chi connectivity index (χ4v) is 3.22. The number of aryl methyl sites for hydroxylation is 1. The lowest BCUT2D eigenvalue weighted by atomic mass is 10.0. The minimum Gasteiger partial charge on any atom is -0.457 e. The second-order valence-corrected chi connectivity index (χ2v) is 6.19. The van der Waals surface area contributed by atoms with E-state index in [0.29, 0.717) is 17.1 Å². The van der Waals surface area contributed by atoms with E-state index in [1.54, 1.807) is 0 Å². The van der Waals surface area contributed by atoms with Crippen molar-refractivity contribution in [2.45, 2.75) is 26.9 Å². The highest BCUT2D eigenvalue weighted by Crippen LogP contribution is 2.33. The van der Waals surface area contributed by atoms with Crippen LogP contribution in [0.2, 0.25) is 0 Å². The zero-order valence-electron chi connectivity index (χ0n) is 14.7. The summed E-state index contributed by atoms with van der Waals surface area (Å²) in [4.78, 5) is 17.5. The first kappa shape index (κ1) is 16.4. The number of ether oxygens (including phenoxy) is 3. The number of hydrogen-bond acceptors (Lipinski definition) is 5. The van der Waals surface area contributed by atoms with Gasteiger partial charge >= 0.3 is 5.97 Å². The summed E-state index contributed by atoms with van der Waals surface area (Å²) in [6.45, 7) is 4.36. The van der Waals surface area contributed by atoms with E-state index in [9.17, 15) is 4.79 Å². The van der Waals surface area contributed by atoms with Crippen LogP contribution < -0.4 is 9.47 Å². The molecular weight excluding hydrogens is 330 g/mol. The summed E-state index contributed by atoms with van der Waals surface area (Å²) in [6, 6.07) is 13.2. The maximum atomic E-state index is 12.8. The standard InChI is InChI=1S/C21H19NO4/c1-3-16-13(2)20(15-6-4-5-7-17(15)22-16)21(23)24-11-14-8-9-18-19(10-14)26-12-25-18/h4-10H,3,11-12H2,1-2H3. The van der Waals surface area contributed by atoms with Crippen LogP contribution in [0, 0.1) is 6.92 Å². The molecule has 0 unspecified atom stereocenters. The summed E-state index contributed by atoms with van der Waals surface area (Å²) in [5.41, 5.74) is 4.05. The molecule has 2 heterocycles. The number of aromatic nitrogens is 1. The number of rotatable bonds is 4. The Morgan fingerprint density at radius 2 is 1.96 bits per heavy atom. The molecule has 132 valence electrons. The number of pyridine rings is 1. The topological polar surface area (TPSA) is 57.7 Å². The van der Waals surface area contributed by atoms with E-state index in [2.05, 4.69) is 4.98 Å². The Bertz CT molecular complexity index is 997. The van der Waals surface area contributed by atoms with Crippen molar-refractivity contribution in [3.05, 3.63) is 64.8 Å². The molecule has 0 saturated carbocycles. The number of carbonyl (C=O) groups excluding carboxylic acids is 1. The van der Waals surface area contributed by atoms with Gasteiger partial charge in [0.25, 0.3) is 0 Å². The predicted molar refractivity (Wildman–Crippen MR) is 97.5 cm³/mol. The number of nitrogens with zero attached hydrogens (tertiary/aromatic N) is 1. The molecule has 0 aliphatic carbocycles. The molecule has 0 amide bonds. The molecule has 5 heteroatoms. The summed E-state index contributed by atoms with van der Waals surface area (Å²) in [5, 5.41) is 0.817. The van der Waals surface area contributed by atoms with Crippen molar-refractivity contribution >= 4 is 16.9 Å². The molecule has 0 spiro atoms. The van der Waals surface area contributed by atoms with Gasteiger partial charge in [-0.1, -0.05) is 31.2 Å². The van der Waals surface area contributed by atoms with Gasteiger partial charge < -0.3 is 14.2 Å². The molecule has 2 aromatic carbocycles. The van der Waals surface area contributed by atoms with Crippen molar-refractivity contribution in [2.75, 3.05) is 6.79 Å². The van der Waals surface area contributed by atoms with E-state index in [-0.39, 0.29) is 19.4 Å². The largest absolute Gasteiger partial charge is 0.457 e. The Kier molecular flexibility index (Phi) is 4.21. The molecule has 0 fully saturated rings. The average Bonchev–Trinajstić information content (AvgIpc) is 3.13. The molecule has 1 aliphatic heterocycles. The SMILES string of the molecule is CCc1nc2ccccc2c(C(=O)OCc2ccc3c(c2)OCO3)c1C. The highest BCUT2D eigenvalue weighted by atomic mass is 16.7. The normalized spacial score (nSPS) is 12.4. The van der Waals surface area contributed by atoms with Gasteiger partial charge in [0.05, 0.1) is 11.1 Å². The molecule has 1 aliphatic rings. The van der Waals surface area contributed by atoms with Crippen LogP contribution in [0.1, 0.15) is 34.1 Å². The lowest BCUT2D eigenvalue weighted by Crippen LogP contribution is -2.11. The first-order valence-electron chi connectivity index (χ1n) is 8.61. The minimum absolute atomic E-state index is 0.174. The van der Waals surface area contributed by atoms with Gasteiger partial charge in [-0.2, -0.15) is 0 Å².